The van der Waals surface area contributed by atoms with Gasteiger partial charge in [0.05, 0.1) is 6.04 Å². The predicted molar refractivity (Wildman–Crippen MR) is 47.6 cm³/mol. The van der Waals surface area contributed by atoms with Gasteiger partial charge >= 0.3 is 0 Å². The van der Waals surface area contributed by atoms with E-state index in [0.717, 1.165) is 5.82 Å². The molecule has 1 aromatic rings. The minimum Gasteiger partial charge on any atom is -0.310 e. The van der Waals surface area contributed by atoms with Crippen molar-refractivity contribution in [1.82, 2.24) is 20.5 Å². The number of rotatable bonds is 2. The van der Waals surface area contributed by atoms with E-state index in [-0.39, 0.29) is 11.5 Å². The van der Waals surface area contributed by atoms with Gasteiger partial charge in [0, 0.05) is 0 Å². The molecule has 4 nitrogen and oxygen atoms in total. The Balaban J connectivity index is 2.84. The van der Waals surface area contributed by atoms with Crippen LogP contribution in [-0.2, 0) is 0 Å². The van der Waals surface area contributed by atoms with Crippen molar-refractivity contribution >= 4 is 0 Å². The zero-order valence-corrected chi connectivity index (χ0v) is 8.05. The molecule has 1 aromatic heterocycles. The van der Waals surface area contributed by atoms with Crippen LogP contribution in [0.25, 0.3) is 0 Å². The summed E-state index contributed by atoms with van der Waals surface area (Å²) in [6, 6.07) is 0.222. The monoisotopic (exact) mass is 168 g/mol. The lowest BCUT2D eigenvalue weighted by Gasteiger charge is -2.28. The van der Waals surface area contributed by atoms with Gasteiger partial charge in [0.25, 0.3) is 0 Å². The average Bonchev–Trinajstić information content (AvgIpc) is 2.38. The Morgan fingerprint density at radius 3 is 2.50 bits per heavy atom. The normalized spacial score (nSPS) is 14.7. The minimum atomic E-state index is 0.147. The molecule has 2 N–H and O–H groups in total. The summed E-state index contributed by atoms with van der Waals surface area (Å²) in [6.45, 7) is 6.49. The van der Waals surface area contributed by atoms with E-state index in [2.05, 4.69) is 41.3 Å². The Labute approximate surface area is 72.8 Å². The zero-order valence-electron chi connectivity index (χ0n) is 8.05. The fraction of sp³-hybridized carbons (Fsp3) is 0.750. The first-order valence-corrected chi connectivity index (χ1v) is 4.08. The minimum absolute atomic E-state index is 0.147. The molecule has 0 bridgehead atoms. The summed E-state index contributed by atoms with van der Waals surface area (Å²) in [4.78, 5) is 4.12. The highest BCUT2D eigenvalue weighted by Crippen LogP contribution is 2.29. The number of H-pyrrole nitrogens is 1. The van der Waals surface area contributed by atoms with Gasteiger partial charge in [0.15, 0.2) is 0 Å². The third-order valence-electron chi connectivity index (χ3n) is 1.86. The van der Waals surface area contributed by atoms with Gasteiger partial charge in [-0.05, 0) is 12.5 Å². The summed E-state index contributed by atoms with van der Waals surface area (Å²) >= 11 is 0. The molecule has 0 amide bonds. The second kappa shape index (κ2) is 3.23. The largest absolute Gasteiger partial charge is 0.310 e. The number of nitrogens with zero attached hydrogens (tertiary/aromatic N) is 2. The van der Waals surface area contributed by atoms with E-state index in [0.29, 0.717) is 0 Å². The van der Waals surface area contributed by atoms with Crippen LogP contribution in [0.3, 0.4) is 0 Å². The van der Waals surface area contributed by atoms with Gasteiger partial charge in [0.2, 0.25) is 0 Å². The fourth-order valence-electron chi connectivity index (χ4n) is 1.33. The molecule has 1 rings (SSSR count). The number of aromatic nitrogens is 3. The van der Waals surface area contributed by atoms with Gasteiger partial charge < -0.3 is 5.32 Å². The van der Waals surface area contributed by atoms with E-state index in [1.807, 2.05) is 7.05 Å². The first kappa shape index (κ1) is 9.19. The maximum Gasteiger partial charge on any atom is 0.141 e. The summed E-state index contributed by atoms with van der Waals surface area (Å²) in [7, 11) is 1.93. The molecule has 68 valence electrons. The van der Waals surface area contributed by atoms with Crippen LogP contribution < -0.4 is 5.32 Å². The Kier molecular flexibility index (Phi) is 2.47. The average molecular weight is 168 g/mol. The molecule has 0 aliphatic rings. The third kappa shape index (κ3) is 1.82. The van der Waals surface area contributed by atoms with Crippen LogP contribution in [0.5, 0.6) is 0 Å². The Morgan fingerprint density at radius 1 is 1.50 bits per heavy atom. The van der Waals surface area contributed by atoms with Crippen LogP contribution in [0.1, 0.15) is 32.6 Å². The van der Waals surface area contributed by atoms with E-state index >= 15 is 0 Å². The van der Waals surface area contributed by atoms with E-state index in [1.54, 1.807) is 0 Å². The van der Waals surface area contributed by atoms with Crippen LogP contribution in [-0.4, -0.2) is 22.2 Å². The Hall–Kier alpha value is -0.900. The van der Waals surface area contributed by atoms with Crippen LogP contribution in [0.2, 0.25) is 0 Å². The highest BCUT2D eigenvalue weighted by atomic mass is 15.2. The van der Waals surface area contributed by atoms with Crippen molar-refractivity contribution < 1.29 is 0 Å². The second-order valence-corrected chi connectivity index (χ2v) is 3.96. The van der Waals surface area contributed by atoms with E-state index < -0.39 is 0 Å². The topological polar surface area (TPSA) is 53.6 Å². The van der Waals surface area contributed by atoms with Crippen molar-refractivity contribution in [2.45, 2.75) is 26.8 Å². The molecule has 4 heteroatoms. The summed E-state index contributed by atoms with van der Waals surface area (Å²) in [5, 5.41) is 9.91. The van der Waals surface area contributed by atoms with E-state index in [9.17, 15) is 0 Å². The molecule has 0 radical (unpaired) electrons. The number of aromatic amines is 1. The van der Waals surface area contributed by atoms with Crippen molar-refractivity contribution in [3.63, 3.8) is 0 Å². The fourth-order valence-corrected chi connectivity index (χ4v) is 1.33. The molecule has 0 aromatic carbocycles. The highest BCUT2D eigenvalue weighted by Gasteiger charge is 2.26. The van der Waals surface area contributed by atoms with Gasteiger partial charge in [-0.15, -0.1) is 0 Å². The maximum absolute atomic E-state index is 4.12. The van der Waals surface area contributed by atoms with Gasteiger partial charge in [0.1, 0.15) is 12.2 Å². The summed E-state index contributed by atoms with van der Waals surface area (Å²) in [5.74, 6) is 0.894. The smallest absolute Gasteiger partial charge is 0.141 e. The van der Waals surface area contributed by atoms with Crippen molar-refractivity contribution in [1.29, 1.82) is 0 Å². The van der Waals surface area contributed by atoms with Crippen molar-refractivity contribution in [3.05, 3.63) is 12.2 Å². The summed E-state index contributed by atoms with van der Waals surface area (Å²) < 4.78 is 0. The lowest BCUT2D eigenvalue weighted by molar-refractivity contribution is 0.276. The van der Waals surface area contributed by atoms with Gasteiger partial charge in [-0.3, -0.25) is 5.10 Å². The van der Waals surface area contributed by atoms with Crippen LogP contribution in [0.15, 0.2) is 6.33 Å². The molecule has 0 aliphatic heterocycles. The third-order valence-corrected chi connectivity index (χ3v) is 1.86. The molecule has 1 unspecified atom stereocenters. The van der Waals surface area contributed by atoms with Gasteiger partial charge in [-0.1, -0.05) is 20.8 Å². The molecular formula is C8H16N4. The molecule has 1 heterocycles. The molecule has 1 atom stereocenters. The van der Waals surface area contributed by atoms with Crippen molar-refractivity contribution in [2.75, 3.05) is 7.05 Å². The molecule has 0 saturated carbocycles. The maximum atomic E-state index is 4.12. The lowest BCUT2D eigenvalue weighted by atomic mass is 9.86. The lowest BCUT2D eigenvalue weighted by Crippen LogP contribution is -2.30. The van der Waals surface area contributed by atoms with Crippen LogP contribution in [0.4, 0.5) is 0 Å². The standard InChI is InChI=1S/C8H16N4/c1-8(2,3)6(9-4)7-10-5-11-12-7/h5-6,9H,1-4H3,(H,10,11,12). The van der Waals surface area contributed by atoms with Gasteiger partial charge in [-0.2, -0.15) is 5.10 Å². The Morgan fingerprint density at radius 2 is 2.17 bits per heavy atom. The molecular weight excluding hydrogens is 152 g/mol. The predicted octanol–water partition coefficient (Wildman–Crippen LogP) is 1.11. The zero-order chi connectivity index (χ0) is 9.19. The molecule has 12 heavy (non-hydrogen) atoms. The van der Waals surface area contributed by atoms with Crippen molar-refractivity contribution in [2.24, 2.45) is 5.41 Å². The SMILES string of the molecule is CNC(c1ncn[nH]1)C(C)(C)C. The first-order chi connectivity index (χ1) is 5.55. The van der Waals surface area contributed by atoms with E-state index in [4.69, 9.17) is 0 Å². The van der Waals surface area contributed by atoms with E-state index in [1.165, 1.54) is 6.33 Å². The second-order valence-electron chi connectivity index (χ2n) is 3.96. The van der Waals surface area contributed by atoms with Crippen LogP contribution in [0, 0.1) is 5.41 Å². The summed E-state index contributed by atoms with van der Waals surface area (Å²) in [5.41, 5.74) is 0.147. The quantitative estimate of drug-likeness (QED) is 0.695. The van der Waals surface area contributed by atoms with Gasteiger partial charge in [-0.25, -0.2) is 4.98 Å². The number of hydrogen-bond acceptors (Lipinski definition) is 3. The highest BCUT2D eigenvalue weighted by molar-refractivity contribution is 4.96. The van der Waals surface area contributed by atoms with Crippen molar-refractivity contribution in [3.8, 4) is 0 Å². The molecule has 0 spiro atoms. The summed E-state index contributed by atoms with van der Waals surface area (Å²) in [6.07, 6.45) is 1.53. The first-order valence-electron chi connectivity index (χ1n) is 4.08. The van der Waals surface area contributed by atoms with Crippen LogP contribution >= 0.6 is 0 Å². The number of hydrogen-bond donors (Lipinski definition) is 2. The molecule has 0 fully saturated rings. The molecule has 0 aliphatic carbocycles. The molecule has 0 saturated heterocycles. The Bertz CT molecular complexity index is 222. The number of nitrogens with one attached hydrogen (secondary N) is 2.